The third-order valence-corrected chi connectivity index (χ3v) is 3.31. The smallest absolute Gasteiger partial charge is 0.152 e. The third-order valence-electron chi connectivity index (χ3n) is 3.31. The lowest BCUT2D eigenvalue weighted by molar-refractivity contribution is -0.126. The lowest BCUT2D eigenvalue weighted by Gasteiger charge is -2.27. The molecule has 1 rings (SSSR count). The van der Waals surface area contributed by atoms with Crippen LogP contribution >= 0.6 is 0 Å². The molecule has 0 aliphatic carbocycles. The van der Waals surface area contributed by atoms with Crippen molar-refractivity contribution >= 4 is 5.78 Å². The average molecular weight is 239 g/mol. The van der Waals surface area contributed by atoms with Gasteiger partial charge in [0.25, 0.3) is 0 Å². The van der Waals surface area contributed by atoms with E-state index in [2.05, 4.69) is 25.3 Å². The summed E-state index contributed by atoms with van der Waals surface area (Å²) in [7, 11) is 0. The van der Waals surface area contributed by atoms with Crippen LogP contribution in [0.5, 0.6) is 0 Å². The molecule has 98 valence electrons. The van der Waals surface area contributed by atoms with Crippen LogP contribution in [0.15, 0.2) is 12.7 Å². The molecule has 1 saturated heterocycles. The number of carbonyl (C=O) groups is 1. The Morgan fingerprint density at radius 3 is 2.59 bits per heavy atom. The van der Waals surface area contributed by atoms with E-state index in [1.807, 2.05) is 13.8 Å². The Bertz CT molecular complexity index is 273. The van der Waals surface area contributed by atoms with Crippen molar-refractivity contribution < 1.29 is 9.53 Å². The Kier molecular flexibility index (Phi) is 5.34. The molecule has 2 atom stereocenters. The molecule has 0 N–H and O–H groups in total. The monoisotopic (exact) mass is 239 g/mol. The standard InChI is InChI=1S/C14H25NO2/c1-6-7-17-12-8-13(14(16)10(2)3)15(9-12)11(4)5/h6,10-13H,1,7-9H2,2-5H3/t12-,13+/m1/s1. The zero-order valence-corrected chi connectivity index (χ0v) is 11.5. The first kappa shape index (κ1) is 14.4. The SMILES string of the molecule is C=CCO[C@@H]1C[C@@H](C(=O)C(C)C)N(C(C)C)C1. The predicted octanol–water partition coefficient (Wildman–Crippen LogP) is 2.27. The van der Waals surface area contributed by atoms with Gasteiger partial charge in [0.15, 0.2) is 5.78 Å². The van der Waals surface area contributed by atoms with E-state index in [-0.39, 0.29) is 18.1 Å². The zero-order chi connectivity index (χ0) is 13.0. The van der Waals surface area contributed by atoms with Crippen molar-refractivity contribution in [2.75, 3.05) is 13.2 Å². The molecule has 0 saturated carbocycles. The molecule has 3 heteroatoms. The van der Waals surface area contributed by atoms with Crippen LogP contribution in [0.1, 0.15) is 34.1 Å². The van der Waals surface area contributed by atoms with Crippen LogP contribution in [0.2, 0.25) is 0 Å². The maximum absolute atomic E-state index is 12.2. The van der Waals surface area contributed by atoms with Gasteiger partial charge in [0.05, 0.1) is 18.8 Å². The van der Waals surface area contributed by atoms with Gasteiger partial charge >= 0.3 is 0 Å². The summed E-state index contributed by atoms with van der Waals surface area (Å²) in [6.45, 7) is 13.3. The Morgan fingerprint density at radius 1 is 1.47 bits per heavy atom. The van der Waals surface area contributed by atoms with Crippen LogP contribution < -0.4 is 0 Å². The number of nitrogens with zero attached hydrogens (tertiary/aromatic N) is 1. The topological polar surface area (TPSA) is 29.5 Å². The minimum Gasteiger partial charge on any atom is -0.373 e. The van der Waals surface area contributed by atoms with Crippen molar-refractivity contribution in [2.24, 2.45) is 5.92 Å². The molecule has 0 bridgehead atoms. The molecule has 0 amide bonds. The summed E-state index contributed by atoms with van der Waals surface area (Å²) in [5, 5.41) is 0. The van der Waals surface area contributed by atoms with Gasteiger partial charge in [0, 0.05) is 18.5 Å². The molecule has 0 unspecified atom stereocenters. The van der Waals surface area contributed by atoms with Crippen molar-refractivity contribution in [3.8, 4) is 0 Å². The molecule has 0 aromatic carbocycles. The molecule has 0 aromatic heterocycles. The lowest BCUT2D eigenvalue weighted by Crippen LogP contribution is -2.42. The highest BCUT2D eigenvalue weighted by molar-refractivity contribution is 5.86. The molecule has 3 nitrogen and oxygen atoms in total. The van der Waals surface area contributed by atoms with Crippen molar-refractivity contribution in [3.63, 3.8) is 0 Å². The number of ether oxygens (including phenoxy) is 1. The third kappa shape index (κ3) is 3.65. The summed E-state index contributed by atoms with van der Waals surface area (Å²) < 4.78 is 5.68. The lowest BCUT2D eigenvalue weighted by atomic mass is 9.99. The van der Waals surface area contributed by atoms with Crippen molar-refractivity contribution in [2.45, 2.75) is 52.3 Å². The second kappa shape index (κ2) is 6.31. The van der Waals surface area contributed by atoms with Gasteiger partial charge in [0.2, 0.25) is 0 Å². The van der Waals surface area contributed by atoms with Gasteiger partial charge in [-0.2, -0.15) is 0 Å². The number of hydrogen-bond donors (Lipinski definition) is 0. The van der Waals surface area contributed by atoms with E-state index in [0.717, 1.165) is 13.0 Å². The highest BCUT2D eigenvalue weighted by Crippen LogP contribution is 2.25. The average Bonchev–Trinajstić information content (AvgIpc) is 2.69. The highest BCUT2D eigenvalue weighted by atomic mass is 16.5. The Labute approximate surface area is 105 Å². The maximum atomic E-state index is 12.2. The summed E-state index contributed by atoms with van der Waals surface area (Å²) in [6, 6.07) is 0.421. The fourth-order valence-electron chi connectivity index (χ4n) is 2.38. The van der Waals surface area contributed by atoms with Gasteiger partial charge in [-0.15, -0.1) is 6.58 Å². The number of rotatable bonds is 6. The summed E-state index contributed by atoms with van der Waals surface area (Å²) in [5.74, 6) is 0.433. The van der Waals surface area contributed by atoms with Crippen molar-refractivity contribution in [1.82, 2.24) is 4.90 Å². The molecule has 1 aliphatic rings. The number of likely N-dealkylation sites (tertiary alicyclic amines) is 1. The van der Waals surface area contributed by atoms with E-state index in [9.17, 15) is 4.79 Å². The van der Waals surface area contributed by atoms with E-state index in [1.165, 1.54) is 0 Å². The first-order valence-corrected chi connectivity index (χ1v) is 6.49. The minimum atomic E-state index is 0.0322. The molecule has 1 heterocycles. The normalized spacial score (nSPS) is 25.8. The van der Waals surface area contributed by atoms with Crippen LogP contribution in [0.25, 0.3) is 0 Å². The molecule has 1 fully saturated rings. The second-order valence-corrected chi connectivity index (χ2v) is 5.34. The van der Waals surface area contributed by atoms with Gasteiger partial charge in [0.1, 0.15) is 0 Å². The summed E-state index contributed by atoms with van der Waals surface area (Å²) in [6.07, 6.45) is 2.75. The molecule has 1 aliphatic heterocycles. The largest absolute Gasteiger partial charge is 0.373 e. The number of hydrogen-bond acceptors (Lipinski definition) is 3. The minimum absolute atomic E-state index is 0.0322. The van der Waals surface area contributed by atoms with E-state index in [1.54, 1.807) is 6.08 Å². The predicted molar refractivity (Wildman–Crippen MR) is 70.0 cm³/mol. The Balaban J connectivity index is 2.67. The van der Waals surface area contributed by atoms with Crippen molar-refractivity contribution in [1.29, 1.82) is 0 Å². The van der Waals surface area contributed by atoms with Gasteiger partial charge < -0.3 is 4.74 Å². The summed E-state index contributed by atoms with van der Waals surface area (Å²) in [4.78, 5) is 14.4. The van der Waals surface area contributed by atoms with Gasteiger partial charge in [-0.1, -0.05) is 19.9 Å². The van der Waals surface area contributed by atoms with E-state index < -0.39 is 0 Å². The molecule has 0 spiro atoms. The van der Waals surface area contributed by atoms with Crippen LogP contribution in [-0.2, 0) is 9.53 Å². The van der Waals surface area contributed by atoms with Crippen LogP contribution in [0, 0.1) is 5.92 Å². The second-order valence-electron chi connectivity index (χ2n) is 5.34. The highest BCUT2D eigenvalue weighted by Gasteiger charge is 2.38. The van der Waals surface area contributed by atoms with E-state index >= 15 is 0 Å². The Morgan fingerprint density at radius 2 is 2.12 bits per heavy atom. The fourth-order valence-corrected chi connectivity index (χ4v) is 2.38. The summed E-state index contributed by atoms with van der Waals surface area (Å²) >= 11 is 0. The van der Waals surface area contributed by atoms with Gasteiger partial charge in [-0.3, -0.25) is 9.69 Å². The molecule has 0 radical (unpaired) electrons. The Hall–Kier alpha value is -0.670. The molecule has 17 heavy (non-hydrogen) atoms. The number of Topliss-reactive ketones (excluding diaryl/α,β-unsaturated/α-hetero) is 1. The molecule has 0 aromatic rings. The number of ketones is 1. The van der Waals surface area contributed by atoms with Crippen LogP contribution in [-0.4, -0.2) is 42.0 Å². The number of carbonyl (C=O) groups excluding carboxylic acids is 1. The fraction of sp³-hybridized carbons (Fsp3) is 0.786. The summed E-state index contributed by atoms with van der Waals surface area (Å²) in [5.41, 5.74) is 0. The van der Waals surface area contributed by atoms with E-state index in [4.69, 9.17) is 4.74 Å². The molecular weight excluding hydrogens is 214 g/mol. The van der Waals surface area contributed by atoms with Crippen LogP contribution in [0.4, 0.5) is 0 Å². The molecular formula is C14H25NO2. The van der Waals surface area contributed by atoms with Crippen molar-refractivity contribution in [3.05, 3.63) is 12.7 Å². The van der Waals surface area contributed by atoms with Crippen LogP contribution in [0.3, 0.4) is 0 Å². The quantitative estimate of drug-likeness (QED) is 0.666. The first-order chi connectivity index (χ1) is 7.97. The van der Waals surface area contributed by atoms with Gasteiger partial charge in [-0.25, -0.2) is 0 Å². The zero-order valence-electron chi connectivity index (χ0n) is 11.5. The van der Waals surface area contributed by atoms with Gasteiger partial charge in [-0.05, 0) is 20.3 Å². The first-order valence-electron chi connectivity index (χ1n) is 6.49. The maximum Gasteiger partial charge on any atom is 0.152 e. The van der Waals surface area contributed by atoms with E-state index in [0.29, 0.717) is 18.4 Å².